The van der Waals surface area contributed by atoms with Crippen LogP contribution in [0.2, 0.25) is 0 Å². The molecule has 2 atom stereocenters. The number of likely N-dealkylation sites (tertiary alicyclic amines) is 1. The lowest BCUT2D eigenvalue weighted by atomic mass is 9.58. The van der Waals surface area contributed by atoms with E-state index in [1.54, 1.807) is 13.2 Å². The van der Waals surface area contributed by atoms with Gasteiger partial charge in [0.05, 0.1) is 19.6 Å². The number of piperidine rings is 1. The van der Waals surface area contributed by atoms with Crippen LogP contribution in [0, 0.1) is 0 Å². The molecule has 1 fully saturated rings. The van der Waals surface area contributed by atoms with E-state index in [9.17, 15) is 4.79 Å². The summed E-state index contributed by atoms with van der Waals surface area (Å²) in [5, 5.41) is 0. The van der Waals surface area contributed by atoms with Gasteiger partial charge < -0.3 is 18.9 Å². The Balaban J connectivity index is 1.54. The first-order chi connectivity index (χ1) is 15.6. The van der Waals surface area contributed by atoms with Crippen molar-refractivity contribution >= 4 is 5.78 Å². The minimum absolute atomic E-state index is 0.135. The largest absolute Gasteiger partial charge is 0.490 e. The summed E-state index contributed by atoms with van der Waals surface area (Å²) < 4.78 is 24.1. The molecule has 32 heavy (non-hydrogen) atoms. The van der Waals surface area contributed by atoms with E-state index >= 15 is 0 Å². The Morgan fingerprint density at radius 3 is 2.75 bits per heavy atom. The standard InChI is InChI=1S/C26H25NO5/c1-27-10-9-26-17-13-19(28)22(29-2)25(26)32-24-21(26)16(11-18(17)27)12-20(23(24)30-3)31-14-15-7-5-4-6-8-15/h4-8,12-13,18H,9-11,14H2,1-3H3/t18-,26+/m1/s1. The molecule has 2 aliphatic heterocycles. The Hall–Kier alpha value is -3.25. The first-order valence-electron chi connectivity index (χ1n) is 10.9. The predicted octanol–water partition coefficient (Wildman–Crippen LogP) is 3.53. The number of nitrogens with zero attached hydrogens (tertiary/aromatic N) is 1. The molecule has 164 valence electrons. The van der Waals surface area contributed by atoms with Gasteiger partial charge in [0, 0.05) is 18.2 Å². The van der Waals surface area contributed by atoms with E-state index in [0.717, 1.165) is 36.1 Å². The second kappa shape index (κ2) is 6.87. The van der Waals surface area contributed by atoms with Crippen molar-refractivity contribution in [2.45, 2.75) is 30.9 Å². The van der Waals surface area contributed by atoms with Crippen molar-refractivity contribution in [3.05, 3.63) is 76.3 Å². The topological polar surface area (TPSA) is 57.2 Å². The molecule has 1 saturated heterocycles. The number of methoxy groups -OCH3 is 2. The molecule has 0 amide bonds. The second-order valence-corrected chi connectivity index (χ2v) is 8.83. The molecular weight excluding hydrogens is 406 g/mol. The third-order valence-corrected chi connectivity index (χ3v) is 7.30. The van der Waals surface area contributed by atoms with E-state index in [4.69, 9.17) is 18.9 Å². The highest BCUT2D eigenvalue weighted by Crippen LogP contribution is 2.65. The number of allylic oxidation sites excluding steroid dienone is 2. The maximum absolute atomic E-state index is 12.9. The lowest BCUT2D eigenvalue weighted by Crippen LogP contribution is -2.55. The van der Waals surface area contributed by atoms with Gasteiger partial charge in [0.15, 0.2) is 17.3 Å². The minimum atomic E-state index is -0.468. The quantitative estimate of drug-likeness (QED) is 0.722. The van der Waals surface area contributed by atoms with Crippen molar-refractivity contribution < 1.29 is 23.7 Å². The third kappa shape index (κ3) is 2.41. The van der Waals surface area contributed by atoms with Crippen molar-refractivity contribution in [3.8, 4) is 17.2 Å². The van der Waals surface area contributed by atoms with Crippen LogP contribution in [-0.2, 0) is 28.0 Å². The van der Waals surface area contributed by atoms with Crippen LogP contribution < -0.4 is 14.2 Å². The average molecular weight is 431 g/mol. The van der Waals surface area contributed by atoms with E-state index in [0.29, 0.717) is 29.6 Å². The SMILES string of the molecule is COC1=C2Oc3c(OC)c(OCc4ccccc4)cc4c3[C@@]23CCN(C)[C@H](C4)C3=CC1=O. The molecule has 0 N–H and O–H groups in total. The van der Waals surface area contributed by atoms with Crippen LogP contribution in [0.15, 0.2) is 59.6 Å². The average Bonchev–Trinajstić information content (AvgIpc) is 3.14. The zero-order valence-corrected chi connectivity index (χ0v) is 18.4. The lowest BCUT2D eigenvalue weighted by molar-refractivity contribution is -0.115. The van der Waals surface area contributed by atoms with Crippen LogP contribution in [0.4, 0.5) is 0 Å². The molecule has 2 aliphatic carbocycles. The highest BCUT2D eigenvalue weighted by atomic mass is 16.6. The maximum Gasteiger partial charge on any atom is 0.224 e. The molecule has 2 aromatic carbocycles. The van der Waals surface area contributed by atoms with E-state index in [1.165, 1.54) is 12.7 Å². The molecule has 0 saturated carbocycles. The van der Waals surface area contributed by atoms with Gasteiger partial charge in [0.2, 0.25) is 17.3 Å². The zero-order valence-electron chi connectivity index (χ0n) is 18.4. The molecule has 0 radical (unpaired) electrons. The van der Waals surface area contributed by atoms with Gasteiger partial charge in [-0.25, -0.2) is 0 Å². The maximum atomic E-state index is 12.9. The van der Waals surface area contributed by atoms with Gasteiger partial charge in [-0.3, -0.25) is 9.69 Å². The molecule has 6 heteroatoms. The van der Waals surface area contributed by atoms with E-state index in [2.05, 4.69) is 18.0 Å². The van der Waals surface area contributed by atoms with Gasteiger partial charge in [-0.2, -0.15) is 0 Å². The van der Waals surface area contributed by atoms with Gasteiger partial charge in [0.1, 0.15) is 6.61 Å². The summed E-state index contributed by atoms with van der Waals surface area (Å²) in [5.41, 5.74) is 4.00. The van der Waals surface area contributed by atoms with E-state index in [-0.39, 0.29) is 17.6 Å². The fraction of sp³-hybridized carbons (Fsp3) is 0.346. The Morgan fingerprint density at radius 2 is 2.00 bits per heavy atom. The second-order valence-electron chi connectivity index (χ2n) is 8.83. The van der Waals surface area contributed by atoms with Gasteiger partial charge in [0.25, 0.3) is 0 Å². The van der Waals surface area contributed by atoms with Crippen LogP contribution >= 0.6 is 0 Å². The molecule has 2 bridgehead atoms. The van der Waals surface area contributed by atoms with Crippen LogP contribution in [-0.4, -0.2) is 44.5 Å². The fourth-order valence-electron chi connectivity index (χ4n) is 5.86. The molecular formula is C26H25NO5. The van der Waals surface area contributed by atoms with E-state index in [1.807, 2.05) is 30.3 Å². The molecule has 0 aromatic heterocycles. The molecule has 2 heterocycles. The number of carbonyl (C=O) groups excluding carboxylic acids is 1. The summed E-state index contributed by atoms with van der Waals surface area (Å²) >= 11 is 0. The highest BCUT2D eigenvalue weighted by molar-refractivity contribution is 6.06. The van der Waals surface area contributed by atoms with E-state index < -0.39 is 5.41 Å². The Kier molecular flexibility index (Phi) is 4.17. The lowest BCUT2D eigenvalue weighted by Gasteiger charge is -2.50. The van der Waals surface area contributed by atoms with Crippen molar-refractivity contribution in [1.82, 2.24) is 4.90 Å². The summed E-state index contributed by atoms with van der Waals surface area (Å²) in [5.74, 6) is 2.63. The zero-order chi connectivity index (χ0) is 22.0. The van der Waals surface area contributed by atoms with Crippen LogP contribution in [0.1, 0.15) is 23.1 Å². The minimum Gasteiger partial charge on any atom is -0.490 e. The Labute approximate surface area is 187 Å². The first kappa shape index (κ1) is 19.4. The molecule has 4 aliphatic rings. The summed E-state index contributed by atoms with van der Waals surface area (Å²) in [6.45, 7) is 1.34. The molecule has 6 nitrogen and oxygen atoms in total. The number of hydrogen-bond acceptors (Lipinski definition) is 6. The first-order valence-corrected chi connectivity index (χ1v) is 10.9. The predicted molar refractivity (Wildman–Crippen MR) is 118 cm³/mol. The number of carbonyl (C=O) groups is 1. The number of ketones is 1. The smallest absolute Gasteiger partial charge is 0.224 e. The number of hydrogen-bond donors (Lipinski definition) is 0. The normalized spacial score (nSPS) is 25.2. The van der Waals surface area contributed by atoms with Gasteiger partial charge in [-0.1, -0.05) is 30.3 Å². The third-order valence-electron chi connectivity index (χ3n) is 7.30. The molecule has 0 unspecified atom stereocenters. The highest BCUT2D eigenvalue weighted by Gasteiger charge is 2.61. The Bertz CT molecular complexity index is 1200. The number of ether oxygens (including phenoxy) is 4. The van der Waals surface area contributed by atoms with Gasteiger partial charge in [-0.05, 0) is 48.7 Å². The van der Waals surface area contributed by atoms with Crippen molar-refractivity contribution in [2.24, 2.45) is 0 Å². The van der Waals surface area contributed by atoms with Gasteiger partial charge in [-0.15, -0.1) is 0 Å². The molecule has 6 rings (SSSR count). The van der Waals surface area contributed by atoms with Gasteiger partial charge >= 0.3 is 0 Å². The number of rotatable bonds is 5. The van der Waals surface area contributed by atoms with Crippen molar-refractivity contribution in [3.63, 3.8) is 0 Å². The fourth-order valence-corrected chi connectivity index (χ4v) is 5.86. The van der Waals surface area contributed by atoms with Crippen LogP contribution in [0.25, 0.3) is 0 Å². The van der Waals surface area contributed by atoms with Crippen LogP contribution in [0.3, 0.4) is 0 Å². The van der Waals surface area contributed by atoms with Crippen LogP contribution in [0.5, 0.6) is 17.2 Å². The molecule has 2 aromatic rings. The van der Waals surface area contributed by atoms with Crippen molar-refractivity contribution in [1.29, 1.82) is 0 Å². The number of likely N-dealkylation sites (N-methyl/N-ethyl adjacent to an activating group) is 1. The number of benzene rings is 2. The summed E-state index contributed by atoms with van der Waals surface area (Å²) in [6, 6.07) is 12.3. The van der Waals surface area contributed by atoms with Crippen molar-refractivity contribution in [2.75, 3.05) is 27.8 Å². The molecule has 1 spiro atoms. The summed E-state index contributed by atoms with van der Waals surface area (Å²) in [4.78, 5) is 15.2. The summed E-state index contributed by atoms with van der Waals surface area (Å²) in [7, 11) is 5.28. The summed E-state index contributed by atoms with van der Waals surface area (Å²) in [6.07, 6.45) is 3.40. The Morgan fingerprint density at radius 1 is 1.19 bits per heavy atom. The monoisotopic (exact) mass is 431 g/mol.